The predicted octanol–water partition coefficient (Wildman–Crippen LogP) is 14.5. The van der Waals surface area contributed by atoms with E-state index in [1.165, 1.54) is 0 Å². The zero-order chi connectivity index (χ0) is 43.3. The smallest absolute Gasteiger partial charge is 0.238 e. The van der Waals surface area contributed by atoms with Crippen LogP contribution >= 0.6 is 0 Å². The van der Waals surface area contributed by atoms with Gasteiger partial charge < -0.3 is 9.30 Å². The summed E-state index contributed by atoms with van der Waals surface area (Å²) in [6.07, 6.45) is 2.12. The largest absolute Gasteiger partial charge is 0.457 e. The first-order valence-corrected chi connectivity index (χ1v) is 21.8. The van der Waals surface area contributed by atoms with Crippen molar-refractivity contribution in [3.8, 4) is 56.4 Å². The summed E-state index contributed by atoms with van der Waals surface area (Å²) in [5, 5.41) is 7.41. The molecule has 0 aliphatic carbocycles. The van der Waals surface area contributed by atoms with Crippen LogP contribution in [0.5, 0.6) is 11.5 Å². The summed E-state index contributed by atoms with van der Waals surface area (Å²) in [6.45, 7) is 7.85. The molecule has 5 nitrogen and oxygen atoms in total. The molecule has 65 heavy (non-hydrogen) atoms. The zero-order valence-corrected chi connectivity index (χ0v) is 35.2. The molecule has 0 amide bonds. The summed E-state index contributed by atoms with van der Waals surface area (Å²) in [7, 11) is 0. The van der Waals surface area contributed by atoms with Crippen molar-refractivity contribution >= 4 is 27.5 Å². The molecule has 1 aliphatic rings. The van der Waals surface area contributed by atoms with Crippen molar-refractivity contribution in [3.63, 3.8) is 0 Å². The first-order valence-electron chi connectivity index (χ1n) is 21.8. The van der Waals surface area contributed by atoms with E-state index < -0.39 is 5.41 Å². The monoisotopic (exact) mass is 831 g/mol. The van der Waals surface area contributed by atoms with E-state index in [0.29, 0.717) is 5.69 Å². The summed E-state index contributed by atoms with van der Waals surface area (Å²) in [5.74, 6) is 1.59. The molecule has 1 aliphatic heterocycles. The van der Waals surface area contributed by atoms with Gasteiger partial charge in [-0.15, -0.1) is 0 Å². The Labute approximate surface area is 377 Å². The third-order valence-electron chi connectivity index (χ3n) is 12.8. The molecule has 0 bridgehead atoms. The molecule has 9 aromatic carbocycles. The van der Waals surface area contributed by atoms with E-state index in [1.54, 1.807) is 0 Å². The Bertz CT molecular complexity index is 3520. The van der Waals surface area contributed by atoms with Crippen LogP contribution in [0.2, 0.25) is 0 Å². The van der Waals surface area contributed by atoms with Crippen LogP contribution in [0.3, 0.4) is 0 Å². The lowest BCUT2D eigenvalue weighted by atomic mass is 9.63. The Morgan fingerprint density at radius 3 is 1.66 bits per heavy atom. The van der Waals surface area contributed by atoms with Crippen LogP contribution < -0.4 is 9.42 Å². The number of benzene rings is 9. The number of fused-ring (bicyclic) bond motifs is 5. The molecule has 0 spiro atoms. The highest BCUT2D eigenvalue weighted by Gasteiger charge is 2.46. The van der Waals surface area contributed by atoms with Crippen LogP contribution in [0, 0.1) is 6.57 Å². The summed E-state index contributed by atoms with van der Waals surface area (Å²) < 4.78 is 11.3. The molecule has 0 N–H and O–H groups in total. The highest BCUT2D eigenvalue weighted by molar-refractivity contribution is 6.11. The number of aromatic nitrogens is 3. The average molecular weight is 832 g/mol. The normalized spacial score (nSPS) is 12.5. The molecule has 0 atom stereocenters. The second kappa shape index (κ2) is 15.5. The molecule has 304 valence electrons. The number of nitrogens with zero attached hydrogens (tertiary/aromatic N) is 4. The Hall–Kier alpha value is -8.85. The molecule has 5 heteroatoms. The highest BCUT2D eigenvalue weighted by Crippen LogP contribution is 2.56. The van der Waals surface area contributed by atoms with E-state index >= 15 is 0 Å². The summed E-state index contributed by atoms with van der Waals surface area (Å²) in [4.78, 5) is 3.81. The zero-order valence-electron chi connectivity index (χ0n) is 35.2. The van der Waals surface area contributed by atoms with Crippen molar-refractivity contribution in [2.75, 3.05) is 0 Å². The van der Waals surface area contributed by atoms with Crippen molar-refractivity contribution in [2.45, 2.75) is 5.41 Å². The Morgan fingerprint density at radius 1 is 0.462 bits per heavy atom. The average Bonchev–Trinajstić information content (AvgIpc) is 3.71. The van der Waals surface area contributed by atoms with Gasteiger partial charge in [-0.05, 0) is 93.9 Å². The van der Waals surface area contributed by atoms with Gasteiger partial charge in [-0.25, -0.2) is 4.85 Å². The van der Waals surface area contributed by atoms with E-state index in [-0.39, 0.29) is 0 Å². The maximum Gasteiger partial charge on any atom is 0.238 e. The topological polar surface area (TPSA) is 35.3 Å². The van der Waals surface area contributed by atoms with E-state index in [9.17, 15) is 0 Å². The van der Waals surface area contributed by atoms with E-state index in [4.69, 9.17) is 16.4 Å². The quantitative estimate of drug-likeness (QED) is 0.118. The number of hydrogen-bond donors (Lipinski definition) is 0. The molecule has 0 radical (unpaired) electrons. The minimum atomic E-state index is -0.782. The minimum Gasteiger partial charge on any atom is -0.457 e. The SMILES string of the molecule is [C-]#[N+]c1ccc2c(c1)c1cc(-c3ccc4c(c3)C(c3ccccc3)(c3ccccc3)c3cc(-[n+]5cc(-c6ccccc6)cc(-c6ccccc6)n5)ccc3O4)ccc1n2-c1ccccc1. The van der Waals surface area contributed by atoms with Crippen molar-refractivity contribution in [1.29, 1.82) is 0 Å². The van der Waals surface area contributed by atoms with Crippen LogP contribution in [0.15, 0.2) is 237 Å². The maximum atomic E-state index is 7.85. The first kappa shape index (κ1) is 37.9. The van der Waals surface area contributed by atoms with Crippen molar-refractivity contribution in [2.24, 2.45) is 0 Å². The maximum absolute atomic E-state index is 7.85. The lowest BCUT2D eigenvalue weighted by Crippen LogP contribution is -2.38. The van der Waals surface area contributed by atoms with Gasteiger partial charge in [0.1, 0.15) is 17.2 Å². The van der Waals surface area contributed by atoms with Gasteiger partial charge in [0.2, 0.25) is 11.9 Å². The van der Waals surface area contributed by atoms with Crippen LogP contribution in [0.4, 0.5) is 5.69 Å². The number of hydrogen-bond acceptors (Lipinski definition) is 2. The third-order valence-corrected chi connectivity index (χ3v) is 12.8. The van der Waals surface area contributed by atoms with E-state index in [0.717, 1.165) is 100 Å². The van der Waals surface area contributed by atoms with Gasteiger partial charge in [-0.3, -0.25) is 0 Å². The van der Waals surface area contributed by atoms with Gasteiger partial charge in [0.15, 0.2) is 5.69 Å². The molecule has 2 aromatic heterocycles. The lowest BCUT2D eigenvalue weighted by molar-refractivity contribution is -0.658. The summed E-state index contributed by atoms with van der Waals surface area (Å²) in [6, 6.07) is 80.8. The molecule has 0 saturated heterocycles. The Balaban J connectivity index is 1.09. The second-order valence-electron chi connectivity index (χ2n) is 16.5. The predicted molar refractivity (Wildman–Crippen MR) is 261 cm³/mol. The van der Waals surface area contributed by atoms with Gasteiger partial charge in [0, 0.05) is 45.0 Å². The van der Waals surface area contributed by atoms with E-state index in [1.807, 2.05) is 35.0 Å². The van der Waals surface area contributed by atoms with Crippen LogP contribution in [-0.4, -0.2) is 9.67 Å². The van der Waals surface area contributed by atoms with Crippen LogP contribution in [-0.2, 0) is 5.41 Å². The fourth-order valence-electron chi connectivity index (χ4n) is 9.84. The number of rotatable bonds is 7. The molecule has 11 aromatic rings. The molecule has 0 saturated carbocycles. The van der Waals surface area contributed by atoms with Crippen molar-refractivity contribution < 1.29 is 9.42 Å². The molecular formula is C60H39N4O+. The lowest BCUT2D eigenvalue weighted by Gasteiger charge is -2.41. The van der Waals surface area contributed by atoms with Crippen molar-refractivity contribution in [1.82, 2.24) is 9.67 Å². The summed E-state index contributed by atoms with van der Waals surface area (Å²) >= 11 is 0. The highest BCUT2D eigenvalue weighted by atomic mass is 16.5. The Kier molecular flexibility index (Phi) is 9.03. The van der Waals surface area contributed by atoms with E-state index in [2.05, 4.69) is 216 Å². The molecule has 0 fully saturated rings. The Morgan fingerprint density at radius 2 is 1.00 bits per heavy atom. The van der Waals surface area contributed by atoms with Gasteiger partial charge >= 0.3 is 0 Å². The second-order valence-corrected chi connectivity index (χ2v) is 16.5. The standard InChI is InChI=1S/C60H39N4O/c1-61-48-29-32-57-52(38-48)51-35-43(27-31-56(51)64(57)49-25-15-6-16-26-49)44-28-33-58-53(36-44)60(46-21-11-4-12-22-46,47-23-13-5-14-24-47)54-39-50(30-34-59(54)65-58)63-40-45(41-17-7-2-8-18-41)37-55(62-63)42-19-9-3-10-20-42/h2-40H/q+1. The van der Waals surface area contributed by atoms with Gasteiger partial charge in [-0.2, -0.15) is 0 Å². The minimum absolute atomic E-state index is 0.617. The number of para-hydroxylation sites is 1. The first-order chi connectivity index (χ1) is 32.2. The van der Waals surface area contributed by atoms with Gasteiger partial charge in [-0.1, -0.05) is 162 Å². The fraction of sp³-hybridized carbons (Fsp3) is 0.0167. The number of ether oxygens (including phenoxy) is 1. The molecule has 12 rings (SSSR count). The fourth-order valence-corrected chi connectivity index (χ4v) is 9.84. The van der Waals surface area contributed by atoms with Crippen LogP contribution in [0.25, 0.3) is 71.5 Å². The molecular weight excluding hydrogens is 793 g/mol. The van der Waals surface area contributed by atoms with Crippen molar-refractivity contribution in [3.05, 3.63) is 270 Å². The van der Waals surface area contributed by atoms with Gasteiger partial charge in [0.25, 0.3) is 0 Å². The molecule has 3 heterocycles. The van der Waals surface area contributed by atoms with Gasteiger partial charge in [0.05, 0.1) is 28.6 Å². The van der Waals surface area contributed by atoms with Crippen LogP contribution in [0.1, 0.15) is 22.3 Å². The third kappa shape index (κ3) is 6.31. The summed E-state index contributed by atoms with van der Waals surface area (Å²) in [5.41, 5.74) is 14.5. The molecule has 0 unspecified atom stereocenters.